The zero-order valence-corrected chi connectivity index (χ0v) is 21.0. The van der Waals surface area contributed by atoms with Crippen LogP contribution in [0.1, 0.15) is 18.1 Å². The normalized spacial score (nSPS) is 11.4. The molecule has 5 aromatic rings. The second-order valence-corrected chi connectivity index (χ2v) is 9.36. The number of hydrogen-bond acceptors (Lipinski definition) is 6. The lowest BCUT2D eigenvalue weighted by Gasteiger charge is -2.09. The number of nitrogens with zero attached hydrogens (tertiary/aromatic N) is 6. The van der Waals surface area contributed by atoms with Gasteiger partial charge in [-0.05, 0) is 23.6 Å². The van der Waals surface area contributed by atoms with Crippen molar-refractivity contribution in [1.82, 2.24) is 28.3 Å². The first-order chi connectivity index (χ1) is 17.4. The Morgan fingerprint density at radius 2 is 1.69 bits per heavy atom. The van der Waals surface area contributed by atoms with E-state index in [1.54, 1.807) is 16.0 Å². The van der Waals surface area contributed by atoms with E-state index >= 15 is 0 Å². The Kier molecular flexibility index (Phi) is 6.23. The van der Waals surface area contributed by atoms with Crippen LogP contribution in [0, 0.1) is 0 Å². The molecule has 0 spiro atoms. The summed E-state index contributed by atoms with van der Waals surface area (Å²) < 4.78 is 5.94. The molecule has 0 saturated heterocycles. The zero-order valence-electron chi connectivity index (χ0n) is 20.1. The highest BCUT2D eigenvalue weighted by Gasteiger charge is 2.24. The van der Waals surface area contributed by atoms with E-state index < -0.39 is 11.2 Å². The summed E-state index contributed by atoms with van der Waals surface area (Å²) in [7, 11) is 3.07. The maximum atomic E-state index is 13.2. The summed E-state index contributed by atoms with van der Waals surface area (Å²) in [6, 6.07) is 17.4. The van der Waals surface area contributed by atoms with Crippen molar-refractivity contribution in [3.05, 3.63) is 86.6 Å². The Morgan fingerprint density at radius 1 is 0.972 bits per heavy atom. The lowest BCUT2D eigenvalue weighted by molar-refractivity contribution is -0.113. The van der Waals surface area contributed by atoms with Gasteiger partial charge in [-0.25, -0.2) is 9.20 Å². The number of fused-ring (bicyclic) bond motifs is 3. The van der Waals surface area contributed by atoms with Gasteiger partial charge in [-0.2, -0.15) is 0 Å². The average molecular weight is 504 g/mol. The smallest absolute Gasteiger partial charge is 0.325 e. The Balaban J connectivity index is 1.56. The quantitative estimate of drug-likeness (QED) is 0.342. The molecule has 5 rings (SSSR count). The number of anilines is 1. The van der Waals surface area contributed by atoms with Crippen molar-refractivity contribution in [3.63, 3.8) is 0 Å². The SMILES string of the molecule is CCc1ccccc1NC(=O)CSc1nnc2n(Cc3ccccc3)c3c(=O)n(C)c(=O)n(C)c3n12. The topological polar surface area (TPSA) is 108 Å². The van der Waals surface area contributed by atoms with Crippen LogP contribution in [0.15, 0.2) is 69.3 Å². The van der Waals surface area contributed by atoms with Crippen molar-refractivity contribution in [3.8, 4) is 0 Å². The predicted molar refractivity (Wildman–Crippen MR) is 140 cm³/mol. The van der Waals surface area contributed by atoms with E-state index in [2.05, 4.69) is 15.5 Å². The number of para-hydroxylation sites is 1. The first-order valence-corrected chi connectivity index (χ1v) is 12.5. The zero-order chi connectivity index (χ0) is 25.4. The molecular formula is C25H25N7O3S. The molecule has 0 fully saturated rings. The minimum absolute atomic E-state index is 0.0863. The summed E-state index contributed by atoms with van der Waals surface area (Å²) in [6.07, 6.45) is 0.804. The van der Waals surface area contributed by atoms with Crippen molar-refractivity contribution < 1.29 is 4.79 Å². The lowest BCUT2D eigenvalue weighted by atomic mass is 10.1. The first kappa shape index (κ1) is 23.6. The molecule has 0 radical (unpaired) electrons. The molecule has 1 amide bonds. The summed E-state index contributed by atoms with van der Waals surface area (Å²) in [6.45, 7) is 2.41. The number of carbonyl (C=O) groups excluding carboxylic acids is 1. The molecule has 0 aliphatic carbocycles. The van der Waals surface area contributed by atoms with Crippen LogP contribution in [0.5, 0.6) is 0 Å². The number of rotatable bonds is 7. The molecule has 0 saturated carbocycles. The van der Waals surface area contributed by atoms with Crippen LogP contribution in [0.25, 0.3) is 16.9 Å². The minimum Gasteiger partial charge on any atom is -0.325 e. The van der Waals surface area contributed by atoms with E-state index in [0.717, 1.165) is 27.8 Å². The second kappa shape index (κ2) is 9.50. The van der Waals surface area contributed by atoms with E-state index in [0.29, 0.717) is 28.6 Å². The molecule has 0 bridgehead atoms. The Labute approximate surface area is 210 Å². The fraction of sp³-hybridized carbons (Fsp3) is 0.240. The van der Waals surface area contributed by atoms with Gasteiger partial charge in [-0.1, -0.05) is 67.2 Å². The van der Waals surface area contributed by atoms with Crippen molar-refractivity contribution in [2.45, 2.75) is 25.0 Å². The van der Waals surface area contributed by atoms with Gasteiger partial charge >= 0.3 is 5.69 Å². The standard InChI is InChI=1S/C25H25N7O3S/c1-4-17-12-8-9-13-18(17)26-19(33)15-36-24-28-27-23-31(14-16-10-6-5-7-11-16)20-21(32(23)24)29(2)25(35)30(3)22(20)34/h5-13H,4,14-15H2,1-3H3,(H,26,33). The number of aryl methyl sites for hydroxylation is 2. The van der Waals surface area contributed by atoms with Crippen LogP contribution in [-0.2, 0) is 31.9 Å². The van der Waals surface area contributed by atoms with Crippen LogP contribution in [-0.4, -0.2) is 40.0 Å². The van der Waals surface area contributed by atoms with Crippen LogP contribution in [0.2, 0.25) is 0 Å². The third-order valence-electron chi connectivity index (χ3n) is 6.14. The summed E-state index contributed by atoms with van der Waals surface area (Å²) in [5, 5.41) is 12.0. The number of thioether (sulfide) groups is 1. The predicted octanol–water partition coefficient (Wildman–Crippen LogP) is 2.42. The molecular weight excluding hydrogens is 478 g/mol. The Bertz CT molecular complexity index is 1710. The Hall–Kier alpha value is -4.12. The highest BCUT2D eigenvalue weighted by Crippen LogP contribution is 2.25. The molecule has 0 aliphatic rings. The minimum atomic E-state index is -0.454. The molecule has 10 nitrogen and oxygen atoms in total. The fourth-order valence-corrected chi connectivity index (χ4v) is 5.03. The van der Waals surface area contributed by atoms with Gasteiger partial charge in [0.05, 0.1) is 12.3 Å². The van der Waals surface area contributed by atoms with Gasteiger partial charge in [-0.15, -0.1) is 10.2 Å². The largest absolute Gasteiger partial charge is 0.332 e. The fourth-order valence-electron chi connectivity index (χ4n) is 4.31. The molecule has 3 aromatic heterocycles. The van der Waals surface area contributed by atoms with Gasteiger partial charge < -0.3 is 5.32 Å². The molecule has 0 atom stereocenters. The van der Waals surface area contributed by atoms with Crippen LogP contribution in [0.3, 0.4) is 0 Å². The number of carbonyl (C=O) groups is 1. The molecule has 11 heteroatoms. The van der Waals surface area contributed by atoms with Gasteiger partial charge in [0, 0.05) is 19.8 Å². The molecule has 184 valence electrons. The van der Waals surface area contributed by atoms with Gasteiger partial charge in [0.1, 0.15) is 0 Å². The highest BCUT2D eigenvalue weighted by molar-refractivity contribution is 7.99. The van der Waals surface area contributed by atoms with Crippen molar-refractivity contribution in [2.24, 2.45) is 14.1 Å². The van der Waals surface area contributed by atoms with Crippen LogP contribution >= 0.6 is 11.8 Å². The molecule has 1 N–H and O–H groups in total. The number of nitrogens with one attached hydrogen (secondary N) is 1. The average Bonchev–Trinajstić information content (AvgIpc) is 3.44. The van der Waals surface area contributed by atoms with Crippen LogP contribution < -0.4 is 16.6 Å². The second-order valence-electron chi connectivity index (χ2n) is 8.42. The lowest BCUT2D eigenvalue weighted by Crippen LogP contribution is -2.37. The molecule has 2 aromatic carbocycles. The summed E-state index contributed by atoms with van der Waals surface area (Å²) in [5.74, 6) is 0.324. The number of imidazole rings is 1. The monoisotopic (exact) mass is 503 g/mol. The summed E-state index contributed by atoms with van der Waals surface area (Å²) in [4.78, 5) is 38.7. The van der Waals surface area contributed by atoms with E-state index in [1.165, 1.54) is 23.4 Å². The van der Waals surface area contributed by atoms with Gasteiger partial charge in [0.2, 0.25) is 11.7 Å². The third-order valence-corrected chi connectivity index (χ3v) is 7.07. The van der Waals surface area contributed by atoms with E-state index in [9.17, 15) is 14.4 Å². The summed E-state index contributed by atoms with van der Waals surface area (Å²) in [5.41, 5.74) is 2.66. The maximum absolute atomic E-state index is 13.2. The van der Waals surface area contributed by atoms with Crippen molar-refractivity contribution >= 4 is 40.3 Å². The molecule has 0 aliphatic heterocycles. The van der Waals surface area contributed by atoms with Gasteiger partial charge in [0.25, 0.3) is 5.56 Å². The Morgan fingerprint density at radius 3 is 2.44 bits per heavy atom. The van der Waals surface area contributed by atoms with E-state index in [-0.39, 0.29) is 11.7 Å². The van der Waals surface area contributed by atoms with Crippen LogP contribution in [0.4, 0.5) is 5.69 Å². The number of hydrogen-bond donors (Lipinski definition) is 1. The molecule has 36 heavy (non-hydrogen) atoms. The van der Waals surface area contributed by atoms with Gasteiger partial charge in [-0.3, -0.25) is 23.3 Å². The van der Waals surface area contributed by atoms with Gasteiger partial charge in [0.15, 0.2) is 16.3 Å². The van der Waals surface area contributed by atoms with Crippen molar-refractivity contribution in [2.75, 3.05) is 11.1 Å². The molecule has 3 heterocycles. The summed E-state index contributed by atoms with van der Waals surface area (Å²) >= 11 is 1.20. The third kappa shape index (κ3) is 4.01. The molecule has 0 unspecified atom stereocenters. The number of amides is 1. The highest BCUT2D eigenvalue weighted by atomic mass is 32.2. The maximum Gasteiger partial charge on any atom is 0.332 e. The first-order valence-electron chi connectivity index (χ1n) is 11.5. The van der Waals surface area contributed by atoms with E-state index in [4.69, 9.17) is 0 Å². The number of benzene rings is 2. The van der Waals surface area contributed by atoms with E-state index in [1.807, 2.05) is 61.5 Å². The van der Waals surface area contributed by atoms with Crippen molar-refractivity contribution in [1.29, 1.82) is 0 Å². The number of aromatic nitrogens is 6.